The molecule has 4 N–H and O–H groups in total. The van der Waals surface area contributed by atoms with Gasteiger partial charge < -0.3 is 16.2 Å². The molecule has 0 bridgehead atoms. The lowest BCUT2D eigenvalue weighted by Crippen LogP contribution is -2.52. The SMILES string of the molecule is NC1(C(=O)NCCO)CCCC1. The topological polar surface area (TPSA) is 75.4 Å². The maximum atomic E-state index is 11.4. The first-order chi connectivity index (χ1) is 5.69. The largest absolute Gasteiger partial charge is 0.395 e. The van der Waals surface area contributed by atoms with Gasteiger partial charge in [0.15, 0.2) is 0 Å². The highest BCUT2D eigenvalue weighted by Gasteiger charge is 2.36. The molecule has 12 heavy (non-hydrogen) atoms. The van der Waals surface area contributed by atoms with Crippen molar-refractivity contribution in [2.45, 2.75) is 31.2 Å². The van der Waals surface area contributed by atoms with Gasteiger partial charge in [0.2, 0.25) is 5.91 Å². The Morgan fingerprint density at radius 3 is 2.58 bits per heavy atom. The Bertz CT molecular complexity index is 164. The minimum atomic E-state index is -0.658. The first kappa shape index (κ1) is 9.48. The molecule has 0 aromatic carbocycles. The van der Waals surface area contributed by atoms with Gasteiger partial charge in [0.05, 0.1) is 12.1 Å². The summed E-state index contributed by atoms with van der Waals surface area (Å²) in [5, 5.41) is 11.1. The van der Waals surface area contributed by atoms with Crippen molar-refractivity contribution < 1.29 is 9.90 Å². The van der Waals surface area contributed by atoms with Crippen LogP contribution in [0.2, 0.25) is 0 Å². The van der Waals surface area contributed by atoms with Crippen LogP contribution < -0.4 is 11.1 Å². The van der Waals surface area contributed by atoms with E-state index in [1.54, 1.807) is 0 Å². The van der Waals surface area contributed by atoms with E-state index in [2.05, 4.69) is 5.32 Å². The molecule has 0 aromatic rings. The van der Waals surface area contributed by atoms with E-state index in [4.69, 9.17) is 10.8 Å². The lowest BCUT2D eigenvalue weighted by molar-refractivity contribution is -0.126. The summed E-state index contributed by atoms with van der Waals surface area (Å²) < 4.78 is 0. The lowest BCUT2D eigenvalue weighted by Gasteiger charge is -2.21. The molecule has 0 atom stereocenters. The van der Waals surface area contributed by atoms with Gasteiger partial charge in [0, 0.05) is 6.54 Å². The summed E-state index contributed by atoms with van der Waals surface area (Å²) in [4.78, 5) is 11.4. The van der Waals surface area contributed by atoms with Gasteiger partial charge in [-0.3, -0.25) is 4.79 Å². The smallest absolute Gasteiger partial charge is 0.240 e. The Kier molecular flexibility index (Phi) is 3.05. The van der Waals surface area contributed by atoms with Gasteiger partial charge in [-0.05, 0) is 12.8 Å². The Hall–Kier alpha value is -0.610. The number of aliphatic hydroxyl groups excluding tert-OH is 1. The number of hydrogen-bond donors (Lipinski definition) is 3. The second kappa shape index (κ2) is 3.87. The number of hydrogen-bond acceptors (Lipinski definition) is 3. The third kappa shape index (κ3) is 1.95. The maximum absolute atomic E-state index is 11.4. The fourth-order valence-electron chi connectivity index (χ4n) is 1.58. The highest BCUT2D eigenvalue weighted by atomic mass is 16.3. The molecule has 1 aliphatic carbocycles. The van der Waals surface area contributed by atoms with Crippen LogP contribution in [0.4, 0.5) is 0 Å². The van der Waals surface area contributed by atoms with Gasteiger partial charge in [-0.1, -0.05) is 12.8 Å². The summed E-state index contributed by atoms with van der Waals surface area (Å²) in [6.45, 7) is 0.277. The van der Waals surface area contributed by atoms with Crippen molar-refractivity contribution in [1.82, 2.24) is 5.32 Å². The number of aliphatic hydroxyl groups is 1. The van der Waals surface area contributed by atoms with E-state index >= 15 is 0 Å². The van der Waals surface area contributed by atoms with Crippen LogP contribution in [-0.4, -0.2) is 29.7 Å². The zero-order chi connectivity index (χ0) is 9.03. The van der Waals surface area contributed by atoms with Gasteiger partial charge in [-0.25, -0.2) is 0 Å². The van der Waals surface area contributed by atoms with E-state index in [1.165, 1.54) is 0 Å². The first-order valence-electron chi connectivity index (χ1n) is 4.37. The molecule has 0 aromatic heterocycles. The molecule has 0 spiro atoms. The van der Waals surface area contributed by atoms with E-state index in [0.29, 0.717) is 6.54 Å². The molecule has 0 aliphatic heterocycles. The van der Waals surface area contributed by atoms with Crippen LogP contribution in [0.3, 0.4) is 0 Å². The molecule has 1 fully saturated rings. The predicted octanol–water partition coefficient (Wildman–Crippen LogP) is -0.634. The summed E-state index contributed by atoms with van der Waals surface area (Å²) in [7, 11) is 0. The number of carbonyl (C=O) groups is 1. The third-order valence-corrected chi connectivity index (χ3v) is 2.35. The summed E-state index contributed by atoms with van der Waals surface area (Å²) in [6, 6.07) is 0. The molecule has 4 heteroatoms. The number of nitrogens with one attached hydrogen (secondary N) is 1. The Balaban J connectivity index is 2.39. The van der Waals surface area contributed by atoms with Gasteiger partial charge in [0.25, 0.3) is 0 Å². The molecule has 1 aliphatic rings. The fourth-order valence-corrected chi connectivity index (χ4v) is 1.58. The van der Waals surface area contributed by atoms with Crippen LogP contribution in [-0.2, 0) is 4.79 Å². The van der Waals surface area contributed by atoms with Crippen LogP contribution in [0.15, 0.2) is 0 Å². The average molecular weight is 172 g/mol. The quantitative estimate of drug-likeness (QED) is 0.530. The number of rotatable bonds is 3. The second-order valence-electron chi connectivity index (χ2n) is 3.34. The van der Waals surface area contributed by atoms with Crippen molar-refractivity contribution in [1.29, 1.82) is 0 Å². The third-order valence-electron chi connectivity index (χ3n) is 2.35. The molecule has 4 nitrogen and oxygen atoms in total. The summed E-state index contributed by atoms with van der Waals surface area (Å²) in [5.74, 6) is -0.117. The highest BCUT2D eigenvalue weighted by molar-refractivity contribution is 5.86. The van der Waals surface area contributed by atoms with Crippen molar-refractivity contribution in [3.8, 4) is 0 Å². The van der Waals surface area contributed by atoms with Gasteiger partial charge in [-0.15, -0.1) is 0 Å². The molecule has 0 heterocycles. The molecular weight excluding hydrogens is 156 g/mol. The van der Waals surface area contributed by atoms with Gasteiger partial charge in [0.1, 0.15) is 0 Å². The van der Waals surface area contributed by atoms with Crippen molar-refractivity contribution >= 4 is 5.91 Å². The predicted molar refractivity (Wildman–Crippen MR) is 45.5 cm³/mol. The van der Waals surface area contributed by atoms with Crippen molar-refractivity contribution in [2.75, 3.05) is 13.2 Å². The summed E-state index contributed by atoms with van der Waals surface area (Å²) >= 11 is 0. The van der Waals surface area contributed by atoms with Crippen LogP contribution in [0.25, 0.3) is 0 Å². The van der Waals surface area contributed by atoms with Crippen molar-refractivity contribution in [3.05, 3.63) is 0 Å². The minimum absolute atomic E-state index is 0.0260. The standard InChI is InChI=1S/C8H16N2O2/c9-8(3-1-2-4-8)7(12)10-5-6-11/h11H,1-6,9H2,(H,10,12). The molecule has 1 amide bonds. The molecule has 0 unspecified atom stereocenters. The van der Waals surface area contributed by atoms with E-state index in [0.717, 1.165) is 25.7 Å². The van der Waals surface area contributed by atoms with Crippen LogP contribution in [0.1, 0.15) is 25.7 Å². The molecule has 1 rings (SSSR count). The van der Waals surface area contributed by atoms with Crippen LogP contribution in [0.5, 0.6) is 0 Å². The van der Waals surface area contributed by atoms with Crippen molar-refractivity contribution in [3.63, 3.8) is 0 Å². The van der Waals surface area contributed by atoms with E-state index in [1.807, 2.05) is 0 Å². The maximum Gasteiger partial charge on any atom is 0.240 e. The minimum Gasteiger partial charge on any atom is -0.395 e. The second-order valence-corrected chi connectivity index (χ2v) is 3.34. The highest BCUT2D eigenvalue weighted by Crippen LogP contribution is 2.26. The number of amides is 1. The summed E-state index contributed by atoms with van der Waals surface area (Å²) in [6.07, 6.45) is 3.60. The van der Waals surface area contributed by atoms with Gasteiger partial charge >= 0.3 is 0 Å². The average Bonchev–Trinajstić information content (AvgIpc) is 2.49. The molecular formula is C8H16N2O2. The van der Waals surface area contributed by atoms with E-state index in [-0.39, 0.29) is 12.5 Å². The zero-order valence-corrected chi connectivity index (χ0v) is 7.18. The monoisotopic (exact) mass is 172 g/mol. The van der Waals surface area contributed by atoms with E-state index < -0.39 is 5.54 Å². The molecule has 0 radical (unpaired) electrons. The Morgan fingerprint density at radius 1 is 1.50 bits per heavy atom. The Labute approximate surface area is 72.1 Å². The van der Waals surface area contributed by atoms with Gasteiger partial charge in [-0.2, -0.15) is 0 Å². The molecule has 70 valence electrons. The summed E-state index contributed by atoms with van der Waals surface area (Å²) in [5.41, 5.74) is 5.19. The normalized spacial score (nSPS) is 20.8. The number of nitrogens with two attached hydrogens (primary N) is 1. The zero-order valence-electron chi connectivity index (χ0n) is 7.18. The van der Waals surface area contributed by atoms with Crippen molar-refractivity contribution in [2.24, 2.45) is 5.73 Å². The lowest BCUT2D eigenvalue weighted by atomic mass is 9.98. The van der Waals surface area contributed by atoms with Crippen LogP contribution >= 0.6 is 0 Å². The first-order valence-corrected chi connectivity index (χ1v) is 4.37. The molecule has 1 saturated carbocycles. The Morgan fingerprint density at radius 2 is 2.08 bits per heavy atom. The molecule has 0 saturated heterocycles. The fraction of sp³-hybridized carbons (Fsp3) is 0.875. The van der Waals surface area contributed by atoms with Crippen LogP contribution in [0, 0.1) is 0 Å². The number of carbonyl (C=O) groups excluding carboxylic acids is 1. The van der Waals surface area contributed by atoms with E-state index in [9.17, 15) is 4.79 Å².